The van der Waals surface area contributed by atoms with Crippen molar-refractivity contribution in [3.8, 4) is 0 Å². The van der Waals surface area contributed by atoms with Gasteiger partial charge in [-0.15, -0.1) is 0 Å². The summed E-state index contributed by atoms with van der Waals surface area (Å²) in [5.41, 5.74) is 0.504. The number of nitrogens with zero attached hydrogens (tertiary/aromatic N) is 1. The molecule has 1 aliphatic carbocycles. The van der Waals surface area contributed by atoms with Crippen LogP contribution in [0.1, 0.15) is 26.7 Å². The lowest BCUT2D eigenvalue weighted by Crippen LogP contribution is -2.24. The predicted molar refractivity (Wildman–Crippen MR) is 73.1 cm³/mol. The number of para-hydroxylation sites is 1. The van der Waals surface area contributed by atoms with Gasteiger partial charge in [-0.05, 0) is 36.8 Å². The highest BCUT2D eigenvalue weighted by atomic mass is 35.5. The van der Waals surface area contributed by atoms with Gasteiger partial charge in [0.05, 0.1) is 4.92 Å². The summed E-state index contributed by atoms with van der Waals surface area (Å²) in [6.07, 6.45) is 2.21. The molecule has 0 amide bonds. The molecule has 1 aromatic rings. The van der Waals surface area contributed by atoms with Gasteiger partial charge in [-0.25, -0.2) is 0 Å². The lowest BCUT2D eigenvalue weighted by atomic mass is 9.97. The summed E-state index contributed by atoms with van der Waals surface area (Å²) >= 11 is 5.89. The maximum absolute atomic E-state index is 11.0. The fourth-order valence-corrected chi connectivity index (χ4v) is 2.83. The molecule has 4 nitrogen and oxygen atoms in total. The molecule has 1 aromatic carbocycles. The lowest BCUT2D eigenvalue weighted by molar-refractivity contribution is -0.383. The smallest absolute Gasteiger partial charge is 0.310 e. The van der Waals surface area contributed by atoms with Gasteiger partial charge in [-0.1, -0.05) is 31.5 Å². The molecule has 0 saturated heterocycles. The highest BCUT2D eigenvalue weighted by molar-refractivity contribution is 6.33. The van der Waals surface area contributed by atoms with E-state index in [1.165, 1.54) is 0 Å². The summed E-state index contributed by atoms with van der Waals surface area (Å²) in [6.45, 7) is 4.41. The first-order chi connectivity index (χ1) is 8.50. The first-order valence-corrected chi connectivity index (χ1v) is 6.58. The highest BCUT2D eigenvalue weighted by Gasteiger charge is 2.31. The number of rotatable bonds is 3. The molecule has 1 saturated carbocycles. The summed E-state index contributed by atoms with van der Waals surface area (Å²) in [4.78, 5) is 10.6. The van der Waals surface area contributed by atoms with Crippen molar-refractivity contribution < 1.29 is 4.92 Å². The molecular weight excluding hydrogens is 252 g/mol. The Kier molecular flexibility index (Phi) is 3.76. The molecular formula is C13H17ClN2O2. The molecule has 18 heavy (non-hydrogen) atoms. The van der Waals surface area contributed by atoms with Gasteiger partial charge in [-0.2, -0.15) is 0 Å². The Hall–Kier alpha value is -1.29. The predicted octanol–water partition coefficient (Wildman–Crippen LogP) is 4.09. The fraction of sp³-hybridized carbons (Fsp3) is 0.538. The normalized spacial score (nSPS) is 27.2. The number of nitro groups is 1. The van der Waals surface area contributed by atoms with E-state index < -0.39 is 4.92 Å². The molecule has 0 radical (unpaired) electrons. The maximum atomic E-state index is 11.0. The van der Waals surface area contributed by atoms with Crippen molar-refractivity contribution in [2.75, 3.05) is 5.32 Å². The molecule has 1 N–H and O–H groups in total. The summed E-state index contributed by atoms with van der Waals surface area (Å²) in [5, 5.41) is 14.5. The van der Waals surface area contributed by atoms with E-state index in [4.69, 9.17) is 11.6 Å². The Bertz CT molecular complexity index is 464. The zero-order valence-corrected chi connectivity index (χ0v) is 11.3. The molecule has 1 fully saturated rings. The van der Waals surface area contributed by atoms with Crippen molar-refractivity contribution >= 4 is 23.0 Å². The number of nitrogens with one attached hydrogen (secondary N) is 1. The van der Waals surface area contributed by atoms with E-state index in [-0.39, 0.29) is 16.8 Å². The Balaban J connectivity index is 2.24. The molecule has 2 rings (SSSR count). The second-order valence-corrected chi connectivity index (χ2v) is 5.46. The summed E-state index contributed by atoms with van der Waals surface area (Å²) in [6, 6.07) is 5.29. The van der Waals surface area contributed by atoms with Crippen LogP contribution in [0, 0.1) is 22.0 Å². The second kappa shape index (κ2) is 5.14. The van der Waals surface area contributed by atoms with Gasteiger partial charge >= 0.3 is 5.69 Å². The average molecular weight is 269 g/mol. The van der Waals surface area contributed by atoms with Crippen LogP contribution in [-0.4, -0.2) is 11.0 Å². The van der Waals surface area contributed by atoms with Gasteiger partial charge < -0.3 is 5.32 Å². The topological polar surface area (TPSA) is 55.2 Å². The van der Waals surface area contributed by atoms with E-state index in [2.05, 4.69) is 19.2 Å². The third kappa shape index (κ3) is 2.43. The van der Waals surface area contributed by atoms with Crippen LogP contribution in [0.5, 0.6) is 0 Å². The van der Waals surface area contributed by atoms with E-state index in [0.717, 1.165) is 12.8 Å². The number of anilines is 1. The Morgan fingerprint density at radius 1 is 1.39 bits per heavy atom. The third-order valence-electron chi connectivity index (χ3n) is 3.98. The molecule has 1 aliphatic rings. The van der Waals surface area contributed by atoms with E-state index in [1.54, 1.807) is 18.2 Å². The average Bonchev–Trinajstić information content (AvgIpc) is 2.60. The van der Waals surface area contributed by atoms with Gasteiger partial charge in [0.15, 0.2) is 0 Å². The van der Waals surface area contributed by atoms with E-state index in [1.807, 2.05) is 0 Å². The van der Waals surface area contributed by atoms with Crippen LogP contribution in [0.15, 0.2) is 18.2 Å². The minimum atomic E-state index is -0.423. The third-order valence-corrected chi connectivity index (χ3v) is 4.28. The minimum absolute atomic E-state index is 0.0223. The molecule has 3 atom stereocenters. The Labute approximate surface area is 111 Å². The maximum Gasteiger partial charge on any atom is 0.310 e. The van der Waals surface area contributed by atoms with Crippen LogP contribution in [0.4, 0.5) is 11.4 Å². The van der Waals surface area contributed by atoms with E-state index in [9.17, 15) is 10.1 Å². The van der Waals surface area contributed by atoms with Gasteiger partial charge in [0, 0.05) is 6.04 Å². The lowest BCUT2D eigenvalue weighted by Gasteiger charge is -2.20. The molecule has 5 heteroatoms. The molecule has 0 aromatic heterocycles. The zero-order valence-electron chi connectivity index (χ0n) is 10.5. The highest BCUT2D eigenvalue weighted by Crippen LogP contribution is 2.37. The van der Waals surface area contributed by atoms with Crippen LogP contribution in [0.25, 0.3) is 0 Å². The number of hydrogen-bond acceptors (Lipinski definition) is 3. The summed E-state index contributed by atoms with van der Waals surface area (Å²) in [5.74, 6) is 1.17. The van der Waals surface area contributed by atoms with Gasteiger partial charge in [-0.3, -0.25) is 10.1 Å². The summed E-state index contributed by atoms with van der Waals surface area (Å²) < 4.78 is 0. The van der Waals surface area contributed by atoms with Crippen molar-refractivity contribution in [3.63, 3.8) is 0 Å². The SMILES string of the molecule is CC1CCC(Nc2cccc(Cl)c2[N+](=O)[O-])C1C. The molecule has 98 valence electrons. The Morgan fingerprint density at radius 2 is 2.11 bits per heavy atom. The van der Waals surface area contributed by atoms with Crippen molar-refractivity contribution in [3.05, 3.63) is 33.3 Å². The molecule has 0 aliphatic heterocycles. The van der Waals surface area contributed by atoms with E-state index in [0.29, 0.717) is 17.5 Å². The van der Waals surface area contributed by atoms with Crippen molar-refractivity contribution in [2.45, 2.75) is 32.7 Å². The Morgan fingerprint density at radius 3 is 2.67 bits per heavy atom. The number of nitro benzene ring substituents is 1. The number of hydrogen-bond donors (Lipinski definition) is 1. The van der Waals surface area contributed by atoms with Gasteiger partial charge in [0.25, 0.3) is 0 Å². The minimum Gasteiger partial charge on any atom is -0.376 e. The van der Waals surface area contributed by atoms with Crippen LogP contribution in [-0.2, 0) is 0 Å². The monoisotopic (exact) mass is 268 g/mol. The van der Waals surface area contributed by atoms with Crippen LogP contribution in [0.3, 0.4) is 0 Å². The second-order valence-electron chi connectivity index (χ2n) is 5.06. The quantitative estimate of drug-likeness (QED) is 0.663. The number of benzene rings is 1. The van der Waals surface area contributed by atoms with Crippen LogP contribution < -0.4 is 5.32 Å². The molecule has 0 spiro atoms. The van der Waals surface area contributed by atoms with Crippen LogP contribution >= 0.6 is 11.6 Å². The first kappa shape index (κ1) is 13.1. The molecule has 0 heterocycles. The largest absolute Gasteiger partial charge is 0.376 e. The van der Waals surface area contributed by atoms with Gasteiger partial charge in [0.2, 0.25) is 0 Å². The van der Waals surface area contributed by atoms with E-state index >= 15 is 0 Å². The standard InChI is InChI=1S/C13H17ClN2O2/c1-8-6-7-11(9(8)2)15-12-5-3-4-10(14)13(12)16(17)18/h3-5,8-9,11,15H,6-7H2,1-2H3. The fourth-order valence-electron chi connectivity index (χ4n) is 2.59. The zero-order chi connectivity index (χ0) is 13.3. The molecule has 3 unspecified atom stereocenters. The van der Waals surface area contributed by atoms with Crippen molar-refractivity contribution in [1.29, 1.82) is 0 Å². The number of halogens is 1. The van der Waals surface area contributed by atoms with Crippen LogP contribution in [0.2, 0.25) is 5.02 Å². The first-order valence-electron chi connectivity index (χ1n) is 6.20. The molecule has 0 bridgehead atoms. The van der Waals surface area contributed by atoms with Crippen molar-refractivity contribution in [2.24, 2.45) is 11.8 Å². The van der Waals surface area contributed by atoms with Crippen molar-refractivity contribution in [1.82, 2.24) is 0 Å². The van der Waals surface area contributed by atoms with Gasteiger partial charge in [0.1, 0.15) is 10.7 Å². The summed E-state index contributed by atoms with van der Waals surface area (Å²) in [7, 11) is 0.